The number of halogens is 1. The molecule has 0 aliphatic heterocycles. The fourth-order valence-electron chi connectivity index (χ4n) is 13.4. The summed E-state index contributed by atoms with van der Waals surface area (Å²) in [6, 6.07) is 114. The molecule has 0 saturated carbocycles. The van der Waals surface area contributed by atoms with Crippen LogP contribution in [0.5, 0.6) is 0 Å². The Morgan fingerprint density at radius 1 is 0.221 bits per heavy atom. The first kappa shape index (κ1) is 108. The van der Waals surface area contributed by atoms with Gasteiger partial charge < -0.3 is 10.2 Å². The van der Waals surface area contributed by atoms with Gasteiger partial charge in [-0.15, -0.1) is 0 Å². The number of alkyl halides is 1. The molecule has 0 fully saturated rings. The first-order valence-electron chi connectivity index (χ1n) is 43.7. The number of benzene rings is 12. The van der Waals surface area contributed by atoms with Crippen LogP contribution in [0.15, 0.2) is 315 Å². The maximum atomic E-state index is 3.11. The van der Waals surface area contributed by atoms with Gasteiger partial charge in [-0.1, -0.05) is 525 Å². The van der Waals surface area contributed by atoms with Crippen LogP contribution in [0.2, 0.25) is 0 Å². The molecular weight excluding hydrogens is 1430 g/mol. The second-order valence-electron chi connectivity index (χ2n) is 22.6. The lowest BCUT2D eigenvalue weighted by atomic mass is 9.68. The van der Waals surface area contributed by atoms with E-state index in [-0.39, 0.29) is 10.8 Å². The number of fused-ring (bicyclic) bond motifs is 12. The fourth-order valence-corrected chi connectivity index (χ4v) is 13.4. The Kier molecular flexibility index (Phi) is 65.7. The van der Waals surface area contributed by atoms with Gasteiger partial charge in [-0.05, 0) is 163 Å². The second-order valence-corrected chi connectivity index (χ2v) is 22.6. The predicted octanol–water partition coefficient (Wildman–Crippen LogP) is 33.5. The van der Waals surface area contributed by atoms with E-state index in [0.717, 1.165) is 39.0 Å². The van der Waals surface area contributed by atoms with Crippen LogP contribution in [0.4, 0.5) is 0 Å². The van der Waals surface area contributed by atoms with Crippen LogP contribution in [0.25, 0.3) is 44.5 Å². The van der Waals surface area contributed by atoms with Crippen molar-refractivity contribution in [3.8, 4) is 44.5 Å². The minimum atomic E-state index is -0.254. The van der Waals surface area contributed by atoms with Gasteiger partial charge in [0, 0.05) is 0 Å². The molecule has 0 atom stereocenters. The van der Waals surface area contributed by atoms with E-state index in [4.69, 9.17) is 0 Å². The Morgan fingerprint density at radius 3 is 0.522 bits per heavy atom. The maximum absolute atomic E-state index is 3.11. The monoisotopic (exact) mass is 1580 g/mol. The largest absolute Gasteiger partial charge is 0.317 e. The van der Waals surface area contributed by atoms with Gasteiger partial charge in [0.25, 0.3) is 0 Å². The molecule has 2 nitrogen and oxygen atoms in total. The smallest absolute Gasteiger partial charge is 0.0713 e. The van der Waals surface area contributed by atoms with Crippen LogP contribution < -0.4 is 5.32 Å². The van der Waals surface area contributed by atoms with Crippen molar-refractivity contribution in [2.24, 2.45) is 0 Å². The van der Waals surface area contributed by atoms with E-state index < -0.39 is 0 Å². The van der Waals surface area contributed by atoms with E-state index in [2.05, 4.69) is 376 Å². The third-order valence-corrected chi connectivity index (χ3v) is 17.7. The highest BCUT2D eigenvalue weighted by Crippen LogP contribution is 2.57. The van der Waals surface area contributed by atoms with Gasteiger partial charge in [0.15, 0.2) is 0 Å². The molecule has 0 unspecified atom stereocenters. The van der Waals surface area contributed by atoms with Crippen molar-refractivity contribution in [1.82, 2.24) is 10.2 Å². The minimum absolute atomic E-state index is 0.254. The summed E-state index contributed by atoms with van der Waals surface area (Å²) in [5.74, 6) is 1.81. The van der Waals surface area contributed by atoms with Crippen LogP contribution in [0.3, 0.4) is 0 Å². The summed E-state index contributed by atoms with van der Waals surface area (Å²) < 4.78 is 0. The summed E-state index contributed by atoms with van der Waals surface area (Å²) in [7, 11) is 2.11. The summed E-state index contributed by atoms with van der Waals surface area (Å²) in [4.78, 5) is 2.25. The van der Waals surface area contributed by atoms with Gasteiger partial charge >= 0.3 is 0 Å². The zero-order valence-corrected chi connectivity index (χ0v) is 78.2. The van der Waals surface area contributed by atoms with E-state index >= 15 is 0 Å². The van der Waals surface area contributed by atoms with Gasteiger partial charge in [-0.3, -0.25) is 0 Å². The zero-order chi connectivity index (χ0) is 85.8. The highest BCUT2D eigenvalue weighted by atomic mass is 79.9. The third-order valence-electron chi connectivity index (χ3n) is 17.7. The van der Waals surface area contributed by atoms with Gasteiger partial charge in [-0.25, -0.2) is 0 Å². The molecular formula is C110H155BrN2. The van der Waals surface area contributed by atoms with E-state index in [1.54, 1.807) is 0 Å². The van der Waals surface area contributed by atoms with Gasteiger partial charge in [-0.2, -0.15) is 0 Å². The highest BCUT2D eigenvalue weighted by Gasteiger charge is 2.47. The molecule has 4 aliphatic carbocycles. The van der Waals surface area contributed by atoms with Crippen LogP contribution in [0, 0.1) is 0 Å². The van der Waals surface area contributed by atoms with Crippen LogP contribution in [0.1, 0.15) is 261 Å². The summed E-state index contributed by atoms with van der Waals surface area (Å²) in [6.07, 6.45) is 2.21. The average Bonchev–Trinajstić information content (AvgIpc) is 1.56. The molecule has 0 spiro atoms. The lowest BCUT2D eigenvalue weighted by molar-refractivity contribution is 0.373. The SMILES string of the molecule is CBr.CC.CC.CC.CC.CC.CC.CC.CC.CC.CC.CC.CC.CCN(C)CC.CCNCC.c1ccc(C2(c3ccccc3)c3ccccc3-c3ccccc32)cc1.c1ccc(C2(c3ccccc3)c3ccccc3-c3ccccc32)cc1.c1ccc2c(c1)Cc1ccccc1-2.c1ccc2c(c1)Cc1ccccc1-2. The summed E-state index contributed by atoms with van der Waals surface area (Å²) in [5.41, 5.74) is 27.1. The van der Waals surface area contributed by atoms with Gasteiger partial charge in [0.2, 0.25) is 0 Å². The summed E-state index contributed by atoms with van der Waals surface area (Å²) >= 11 is 2.94. The van der Waals surface area contributed by atoms with Gasteiger partial charge in [0.05, 0.1) is 10.8 Å². The van der Waals surface area contributed by atoms with E-state index in [9.17, 15) is 0 Å². The Morgan fingerprint density at radius 2 is 0.372 bits per heavy atom. The molecule has 0 heterocycles. The molecule has 0 saturated heterocycles. The number of rotatable bonds is 8. The normalized spacial score (nSPS) is 10.6. The number of hydrogen-bond acceptors (Lipinski definition) is 2. The molecule has 12 aromatic carbocycles. The van der Waals surface area contributed by atoms with Crippen LogP contribution >= 0.6 is 15.9 Å². The minimum Gasteiger partial charge on any atom is -0.317 e. The Hall–Kier alpha value is -8.96. The molecule has 113 heavy (non-hydrogen) atoms. The fraction of sp³-hybridized carbons (Fsp3) is 0.345. The molecule has 4 aliphatic rings. The van der Waals surface area contributed by atoms with Crippen molar-refractivity contribution in [3.63, 3.8) is 0 Å². The highest BCUT2D eigenvalue weighted by molar-refractivity contribution is 9.08. The van der Waals surface area contributed by atoms with Crippen molar-refractivity contribution in [3.05, 3.63) is 382 Å². The van der Waals surface area contributed by atoms with Crippen molar-refractivity contribution in [2.45, 2.75) is 218 Å². The van der Waals surface area contributed by atoms with Crippen molar-refractivity contribution < 1.29 is 0 Å². The van der Waals surface area contributed by atoms with E-state index in [1.807, 2.05) is 172 Å². The second kappa shape index (κ2) is 68.6. The molecule has 0 radical (unpaired) electrons. The molecule has 1 N–H and O–H groups in total. The molecule has 0 bridgehead atoms. The van der Waals surface area contributed by atoms with Crippen molar-refractivity contribution in [1.29, 1.82) is 0 Å². The Balaban J connectivity index is -0.00000128. The lowest BCUT2D eigenvalue weighted by Gasteiger charge is -2.33. The van der Waals surface area contributed by atoms with Crippen LogP contribution in [-0.4, -0.2) is 44.0 Å². The molecule has 0 aromatic heterocycles. The topological polar surface area (TPSA) is 15.3 Å². The predicted molar refractivity (Wildman–Crippen MR) is 521 cm³/mol. The standard InChI is InChI=1S/2C25H18.2C13H10.C5H13N.C4H11N.12C2H6.CH3Br/c2*1-3-11-19(12-4-1)25(20-13-5-2-6-14-20)23-17-9-7-15-21(23)22-16-8-10-18-24(22)25;2*1-3-7-12-10(5-1)9-11-6-2-4-8-13(11)12;1-4-6(3)5-2;1-3-5-4-2;13*1-2/h2*1-18H;2*1-8H,9H2;4-5H2,1-3H3;5H,3-4H2,1-2H3;12*1-2H3;1H3. The summed E-state index contributed by atoms with van der Waals surface area (Å²) in [5, 5.41) is 3.11. The van der Waals surface area contributed by atoms with Gasteiger partial charge in [0.1, 0.15) is 0 Å². The average molecular weight is 1590 g/mol. The zero-order valence-electron chi connectivity index (χ0n) is 76.6. The molecule has 612 valence electrons. The maximum Gasteiger partial charge on any atom is 0.0713 e. The first-order chi connectivity index (χ1) is 56.0. The number of hydrogen-bond donors (Lipinski definition) is 1. The Bertz CT molecular complexity index is 3630. The number of nitrogens with one attached hydrogen (secondary N) is 1. The molecule has 12 aromatic rings. The first-order valence-corrected chi connectivity index (χ1v) is 45.3. The molecule has 0 amide bonds. The van der Waals surface area contributed by atoms with E-state index in [0.29, 0.717) is 0 Å². The molecule has 3 heteroatoms. The summed E-state index contributed by atoms with van der Waals surface area (Å²) in [6.45, 7) is 61.0. The lowest BCUT2D eigenvalue weighted by Crippen LogP contribution is -2.28. The molecule has 16 rings (SSSR count). The Labute approximate surface area is 704 Å². The van der Waals surface area contributed by atoms with Crippen LogP contribution in [-0.2, 0) is 23.7 Å². The quantitative estimate of drug-likeness (QED) is 0.153. The van der Waals surface area contributed by atoms with Crippen molar-refractivity contribution in [2.75, 3.05) is 39.1 Å². The van der Waals surface area contributed by atoms with E-state index in [1.165, 1.54) is 111 Å². The third kappa shape index (κ3) is 29.4. The number of nitrogens with zero attached hydrogens (tertiary/aromatic N) is 1. The van der Waals surface area contributed by atoms with Crippen molar-refractivity contribution >= 4 is 15.9 Å².